The van der Waals surface area contributed by atoms with Gasteiger partial charge in [-0.05, 0) is 0 Å². The molecule has 0 unspecified atom stereocenters. The van der Waals surface area contributed by atoms with Gasteiger partial charge in [0.1, 0.15) is 29.5 Å². The van der Waals surface area contributed by atoms with Crippen LogP contribution in [0.2, 0.25) is 0 Å². The number of anilines is 1. The van der Waals surface area contributed by atoms with E-state index >= 15 is 0 Å². The Morgan fingerprint density at radius 1 is 0.880 bits per heavy atom. The average molecular weight is 331 g/mol. The van der Waals surface area contributed by atoms with Crippen molar-refractivity contribution in [3.05, 3.63) is 78.8 Å². The SMILES string of the molecule is O=C(Nc1nc(-c2ccccc2)co1)c1conc1-c1ccccc1. The van der Waals surface area contributed by atoms with Crippen molar-refractivity contribution in [2.45, 2.75) is 0 Å². The fourth-order valence-electron chi connectivity index (χ4n) is 2.44. The monoisotopic (exact) mass is 331 g/mol. The fraction of sp³-hybridized carbons (Fsp3) is 0. The molecule has 0 bridgehead atoms. The Kier molecular flexibility index (Phi) is 3.84. The Morgan fingerprint density at radius 3 is 2.28 bits per heavy atom. The minimum atomic E-state index is -0.401. The summed E-state index contributed by atoms with van der Waals surface area (Å²) in [6.45, 7) is 0. The first kappa shape index (κ1) is 14.9. The standard InChI is InChI=1S/C19H13N3O3/c23-18(15-11-25-22-17(15)14-9-5-2-6-10-14)21-19-20-16(12-24-19)13-7-3-1-4-8-13/h1-12H,(H,20,21,23). The number of carbonyl (C=O) groups is 1. The lowest BCUT2D eigenvalue weighted by molar-refractivity contribution is 0.102. The zero-order valence-electron chi connectivity index (χ0n) is 13.0. The number of oxazole rings is 1. The number of nitrogens with one attached hydrogen (secondary N) is 1. The third kappa shape index (κ3) is 3.05. The summed E-state index contributed by atoms with van der Waals surface area (Å²) in [6.07, 6.45) is 2.80. The highest BCUT2D eigenvalue weighted by molar-refractivity contribution is 6.06. The average Bonchev–Trinajstić information content (AvgIpc) is 3.33. The largest absolute Gasteiger partial charge is 0.431 e. The zero-order chi connectivity index (χ0) is 17.1. The molecule has 4 aromatic rings. The summed E-state index contributed by atoms with van der Waals surface area (Å²) >= 11 is 0. The number of nitrogens with zero attached hydrogens (tertiary/aromatic N) is 2. The second-order valence-electron chi connectivity index (χ2n) is 5.30. The molecule has 4 rings (SSSR count). The molecular formula is C19H13N3O3. The van der Waals surface area contributed by atoms with Crippen LogP contribution in [-0.2, 0) is 0 Å². The van der Waals surface area contributed by atoms with E-state index in [-0.39, 0.29) is 6.01 Å². The van der Waals surface area contributed by atoms with Crippen LogP contribution in [0.15, 0.2) is 82.1 Å². The molecule has 0 saturated carbocycles. The number of carbonyl (C=O) groups excluding carboxylic acids is 1. The second-order valence-corrected chi connectivity index (χ2v) is 5.30. The van der Waals surface area contributed by atoms with E-state index in [0.717, 1.165) is 11.1 Å². The molecule has 2 aromatic carbocycles. The predicted molar refractivity (Wildman–Crippen MR) is 91.8 cm³/mol. The topological polar surface area (TPSA) is 81.2 Å². The fourth-order valence-corrected chi connectivity index (χ4v) is 2.44. The van der Waals surface area contributed by atoms with Gasteiger partial charge in [0.15, 0.2) is 0 Å². The number of benzene rings is 2. The van der Waals surface area contributed by atoms with Crippen LogP contribution in [0.25, 0.3) is 22.5 Å². The molecule has 122 valence electrons. The van der Waals surface area contributed by atoms with Crippen LogP contribution in [0.1, 0.15) is 10.4 Å². The van der Waals surface area contributed by atoms with E-state index in [2.05, 4.69) is 15.5 Å². The lowest BCUT2D eigenvalue weighted by atomic mass is 10.1. The van der Waals surface area contributed by atoms with Crippen LogP contribution in [0, 0.1) is 0 Å². The molecule has 1 N–H and O–H groups in total. The Balaban J connectivity index is 1.56. The maximum Gasteiger partial charge on any atom is 0.302 e. The number of amides is 1. The second kappa shape index (κ2) is 6.45. The smallest absolute Gasteiger partial charge is 0.302 e. The molecule has 0 saturated heterocycles. The first-order valence-corrected chi connectivity index (χ1v) is 7.63. The summed E-state index contributed by atoms with van der Waals surface area (Å²) in [5.41, 5.74) is 3.11. The third-order valence-electron chi connectivity index (χ3n) is 3.66. The van der Waals surface area contributed by atoms with E-state index in [1.807, 2.05) is 60.7 Å². The van der Waals surface area contributed by atoms with Gasteiger partial charge >= 0.3 is 6.01 Å². The van der Waals surface area contributed by atoms with E-state index in [9.17, 15) is 4.79 Å². The van der Waals surface area contributed by atoms with Gasteiger partial charge in [-0.1, -0.05) is 65.8 Å². The Bertz CT molecular complexity index is 991. The van der Waals surface area contributed by atoms with Crippen molar-refractivity contribution in [1.82, 2.24) is 10.1 Å². The molecule has 6 nitrogen and oxygen atoms in total. The highest BCUT2D eigenvalue weighted by Crippen LogP contribution is 2.24. The van der Waals surface area contributed by atoms with Gasteiger partial charge in [0, 0.05) is 11.1 Å². The molecule has 25 heavy (non-hydrogen) atoms. The summed E-state index contributed by atoms with van der Waals surface area (Å²) in [7, 11) is 0. The minimum Gasteiger partial charge on any atom is -0.431 e. The molecule has 0 aliphatic rings. The van der Waals surface area contributed by atoms with Crippen molar-refractivity contribution in [3.8, 4) is 22.5 Å². The van der Waals surface area contributed by atoms with Gasteiger partial charge in [0.05, 0.1) is 0 Å². The van der Waals surface area contributed by atoms with Gasteiger partial charge in [0.25, 0.3) is 5.91 Å². The van der Waals surface area contributed by atoms with Crippen LogP contribution >= 0.6 is 0 Å². The van der Waals surface area contributed by atoms with Crippen LogP contribution in [0.3, 0.4) is 0 Å². The number of hydrogen-bond acceptors (Lipinski definition) is 5. The third-order valence-corrected chi connectivity index (χ3v) is 3.66. The van der Waals surface area contributed by atoms with Crippen LogP contribution < -0.4 is 5.32 Å². The normalized spacial score (nSPS) is 10.6. The Hall–Kier alpha value is -3.67. The van der Waals surface area contributed by atoms with Crippen molar-refractivity contribution in [2.75, 3.05) is 5.32 Å². The van der Waals surface area contributed by atoms with E-state index in [1.165, 1.54) is 12.5 Å². The number of aromatic nitrogens is 2. The van der Waals surface area contributed by atoms with Crippen molar-refractivity contribution >= 4 is 11.9 Å². The molecule has 0 aliphatic heterocycles. The highest BCUT2D eigenvalue weighted by atomic mass is 16.5. The molecule has 2 aromatic heterocycles. The van der Waals surface area contributed by atoms with Crippen molar-refractivity contribution in [3.63, 3.8) is 0 Å². The van der Waals surface area contributed by atoms with Crippen molar-refractivity contribution < 1.29 is 13.7 Å². The molecular weight excluding hydrogens is 318 g/mol. The Morgan fingerprint density at radius 2 is 1.56 bits per heavy atom. The molecule has 0 radical (unpaired) electrons. The first-order valence-electron chi connectivity index (χ1n) is 7.63. The van der Waals surface area contributed by atoms with Crippen LogP contribution in [-0.4, -0.2) is 16.0 Å². The van der Waals surface area contributed by atoms with Crippen LogP contribution in [0.5, 0.6) is 0 Å². The minimum absolute atomic E-state index is 0.115. The number of rotatable bonds is 4. The molecule has 0 spiro atoms. The molecule has 2 heterocycles. The molecule has 0 atom stereocenters. The Labute approximate surface area is 143 Å². The van der Waals surface area contributed by atoms with E-state index < -0.39 is 5.91 Å². The quantitative estimate of drug-likeness (QED) is 0.604. The van der Waals surface area contributed by atoms with Gasteiger partial charge in [-0.25, -0.2) is 0 Å². The maximum absolute atomic E-state index is 12.5. The van der Waals surface area contributed by atoms with Crippen molar-refractivity contribution in [1.29, 1.82) is 0 Å². The molecule has 0 fully saturated rings. The van der Waals surface area contributed by atoms with Gasteiger partial charge in [-0.2, -0.15) is 4.98 Å². The highest BCUT2D eigenvalue weighted by Gasteiger charge is 2.19. The summed E-state index contributed by atoms with van der Waals surface area (Å²) in [4.78, 5) is 16.8. The van der Waals surface area contributed by atoms with E-state index in [1.54, 1.807) is 0 Å². The lowest BCUT2D eigenvalue weighted by Crippen LogP contribution is -2.12. The van der Waals surface area contributed by atoms with Crippen LogP contribution in [0.4, 0.5) is 6.01 Å². The van der Waals surface area contributed by atoms with E-state index in [4.69, 9.17) is 8.94 Å². The first-order chi connectivity index (χ1) is 12.3. The summed E-state index contributed by atoms with van der Waals surface area (Å²) < 4.78 is 10.3. The van der Waals surface area contributed by atoms with Crippen molar-refractivity contribution in [2.24, 2.45) is 0 Å². The zero-order valence-corrected chi connectivity index (χ0v) is 13.0. The van der Waals surface area contributed by atoms with Gasteiger partial charge in [0.2, 0.25) is 0 Å². The van der Waals surface area contributed by atoms with Gasteiger partial charge < -0.3 is 8.94 Å². The lowest BCUT2D eigenvalue weighted by Gasteiger charge is -2.01. The van der Waals surface area contributed by atoms with Gasteiger partial charge in [-0.3, -0.25) is 10.1 Å². The van der Waals surface area contributed by atoms with Gasteiger partial charge in [-0.15, -0.1) is 0 Å². The summed E-state index contributed by atoms with van der Waals surface area (Å²) in [5.74, 6) is -0.401. The summed E-state index contributed by atoms with van der Waals surface area (Å²) in [5, 5.41) is 6.54. The molecule has 0 aliphatic carbocycles. The molecule has 6 heteroatoms. The number of hydrogen-bond donors (Lipinski definition) is 1. The maximum atomic E-state index is 12.5. The summed E-state index contributed by atoms with van der Waals surface area (Å²) in [6, 6.07) is 19.0. The van der Waals surface area contributed by atoms with E-state index in [0.29, 0.717) is 17.0 Å². The predicted octanol–water partition coefficient (Wildman–Crippen LogP) is 4.25. The molecule has 1 amide bonds.